The molecule has 25 heavy (non-hydrogen) atoms. The van der Waals surface area contributed by atoms with Gasteiger partial charge in [0.05, 0.1) is 24.4 Å². The van der Waals surface area contributed by atoms with E-state index in [0.29, 0.717) is 28.8 Å². The van der Waals surface area contributed by atoms with Gasteiger partial charge >= 0.3 is 0 Å². The Balaban J connectivity index is 2.39. The lowest BCUT2D eigenvalue weighted by Crippen LogP contribution is -2.05. The van der Waals surface area contributed by atoms with Crippen molar-refractivity contribution < 1.29 is 9.47 Å². The first-order chi connectivity index (χ1) is 12.0. The van der Waals surface area contributed by atoms with Gasteiger partial charge < -0.3 is 9.47 Å². The van der Waals surface area contributed by atoms with Crippen LogP contribution >= 0.6 is 28.1 Å². The fourth-order valence-corrected chi connectivity index (χ4v) is 3.32. The highest BCUT2D eigenvalue weighted by Crippen LogP contribution is 2.36. The van der Waals surface area contributed by atoms with E-state index in [-0.39, 0.29) is 0 Å². The van der Waals surface area contributed by atoms with Crippen molar-refractivity contribution in [1.82, 2.24) is 14.9 Å². The summed E-state index contributed by atoms with van der Waals surface area (Å²) < 4.78 is 14.0. The number of methoxy groups -OCH3 is 1. The average Bonchev–Trinajstić information content (AvgIpc) is 2.97. The number of H-pyrrole nitrogens is 1. The molecule has 0 saturated carbocycles. The van der Waals surface area contributed by atoms with Crippen LogP contribution in [0.2, 0.25) is 0 Å². The van der Waals surface area contributed by atoms with E-state index in [4.69, 9.17) is 21.7 Å². The van der Waals surface area contributed by atoms with E-state index >= 15 is 0 Å². The molecule has 2 rings (SSSR count). The van der Waals surface area contributed by atoms with Gasteiger partial charge in [0.25, 0.3) is 0 Å². The standard InChI is InChI=1S/C17H23BrN4O2S/c1-5-12(6-2)16-20-21-17(25)22(16)19-10-11-8-13(18)15(24-7-3)14(9-11)23-4/h8-10,12H,5-7H2,1-4H3,(H,21,25)/b19-10-. The summed E-state index contributed by atoms with van der Waals surface area (Å²) in [5.74, 6) is 2.49. The number of benzene rings is 1. The Hall–Kier alpha value is -1.67. The topological polar surface area (TPSA) is 64.4 Å². The first-order valence-electron chi connectivity index (χ1n) is 8.27. The van der Waals surface area contributed by atoms with E-state index in [2.05, 4.69) is 45.1 Å². The molecule has 1 aromatic heterocycles. The highest BCUT2D eigenvalue weighted by atomic mass is 79.9. The Morgan fingerprint density at radius 2 is 2.08 bits per heavy atom. The van der Waals surface area contributed by atoms with Crippen molar-refractivity contribution in [3.05, 3.63) is 32.8 Å². The van der Waals surface area contributed by atoms with Crippen LogP contribution in [-0.2, 0) is 0 Å². The van der Waals surface area contributed by atoms with Gasteiger partial charge in [-0.1, -0.05) is 13.8 Å². The second-order valence-corrected chi connectivity index (χ2v) is 6.66. The molecule has 0 atom stereocenters. The summed E-state index contributed by atoms with van der Waals surface area (Å²) in [5, 5.41) is 11.7. The average molecular weight is 427 g/mol. The Kier molecular flexibility index (Phi) is 7.19. The number of hydrogen-bond acceptors (Lipinski definition) is 5. The summed E-state index contributed by atoms with van der Waals surface area (Å²) in [5.41, 5.74) is 0.866. The fourth-order valence-electron chi connectivity index (χ4n) is 2.56. The number of nitrogens with one attached hydrogen (secondary N) is 1. The maximum Gasteiger partial charge on any atom is 0.216 e. The molecule has 0 radical (unpaired) electrons. The van der Waals surface area contributed by atoms with Crippen molar-refractivity contribution >= 4 is 34.4 Å². The van der Waals surface area contributed by atoms with E-state index in [1.807, 2.05) is 19.1 Å². The lowest BCUT2D eigenvalue weighted by atomic mass is 10.0. The first kappa shape index (κ1) is 19.7. The van der Waals surface area contributed by atoms with Crippen LogP contribution < -0.4 is 9.47 Å². The first-order valence-corrected chi connectivity index (χ1v) is 9.47. The van der Waals surface area contributed by atoms with Gasteiger partial charge in [0.1, 0.15) is 0 Å². The number of nitrogens with zero attached hydrogens (tertiary/aromatic N) is 3. The molecule has 1 heterocycles. The molecule has 0 fully saturated rings. The maximum atomic E-state index is 5.61. The number of ether oxygens (including phenoxy) is 2. The van der Waals surface area contributed by atoms with Crippen molar-refractivity contribution in [2.24, 2.45) is 5.10 Å². The van der Waals surface area contributed by atoms with Crippen LogP contribution in [-0.4, -0.2) is 34.8 Å². The second kappa shape index (κ2) is 9.15. The Bertz CT molecular complexity index is 796. The molecule has 0 aliphatic carbocycles. The van der Waals surface area contributed by atoms with Crippen LogP contribution in [0.1, 0.15) is 50.9 Å². The van der Waals surface area contributed by atoms with E-state index in [9.17, 15) is 0 Å². The molecule has 0 unspecified atom stereocenters. The third kappa shape index (κ3) is 4.49. The van der Waals surface area contributed by atoms with Gasteiger partial charge in [-0.05, 0) is 65.6 Å². The molecule has 0 saturated heterocycles. The molecular weight excluding hydrogens is 404 g/mol. The minimum absolute atomic E-state index is 0.312. The van der Waals surface area contributed by atoms with Crippen molar-refractivity contribution in [2.75, 3.05) is 13.7 Å². The fraction of sp³-hybridized carbons (Fsp3) is 0.471. The maximum absolute atomic E-state index is 5.61. The predicted molar refractivity (Wildman–Crippen MR) is 106 cm³/mol. The van der Waals surface area contributed by atoms with Gasteiger partial charge in [0.2, 0.25) is 4.77 Å². The molecule has 0 aliphatic heterocycles. The van der Waals surface area contributed by atoms with E-state index < -0.39 is 0 Å². The molecule has 136 valence electrons. The number of hydrogen-bond donors (Lipinski definition) is 1. The summed E-state index contributed by atoms with van der Waals surface area (Å²) in [6.45, 7) is 6.76. The Labute approximate surface area is 161 Å². The summed E-state index contributed by atoms with van der Waals surface area (Å²) in [6.07, 6.45) is 3.70. The van der Waals surface area contributed by atoms with E-state index in [1.54, 1.807) is 18.0 Å². The quantitative estimate of drug-likeness (QED) is 0.481. The molecule has 0 aliphatic rings. The largest absolute Gasteiger partial charge is 0.493 e. The lowest BCUT2D eigenvalue weighted by molar-refractivity contribution is 0.309. The van der Waals surface area contributed by atoms with Gasteiger partial charge in [-0.3, -0.25) is 5.10 Å². The van der Waals surface area contributed by atoms with Crippen molar-refractivity contribution in [3.63, 3.8) is 0 Å². The Morgan fingerprint density at radius 1 is 1.36 bits per heavy atom. The van der Waals surface area contributed by atoms with Crippen LogP contribution in [0.3, 0.4) is 0 Å². The second-order valence-electron chi connectivity index (χ2n) is 5.42. The highest BCUT2D eigenvalue weighted by molar-refractivity contribution is 9.10. The SMILES string of the molecule is CCOc1c(Br)cc(/C=N\n2c(C(CC)CC)n[nH]c2=S)cc1OC. The van der Waals surface area contributed by atoms with Crippen molar-refractivity contribution in [1.29, 1.82) is 0 Å². The summed E-state index contributed by atoms with van der Waals surface area (Å²) >= 11 is 8.83. The van der Waals surface area contributed by atoms with Gasteiger partial charge in [-0.2, -0.15) is 14.9 Å². The molecule has 1 N–H and O–H groups in total. The molecule has 6 nitrogen and oxygen atoms in total. The zero-order valence-electron chi connectivity index (χ0n) is 14.9. The van der Waals surface area contributed by atoms with Crippen molar-refractivity contribution in [2.45, 2.75) is 39.5 Å². The zero-order chi connectivity index (χ0) is 18.4. The van der Waals surface area contributed by atoms with E-state index in [0.717, 1.165) is 28.7 Å². The smallest absolute Gasteiger partial charge is 0.216 e. The van der Waals surface area contributed by atoms with E-state index in [1.165, 1.54) is 0 Å². The number of aromatic nitrogens is 3. The zero-order valence-corrected chi connectivity index (χ0v) is 17.3. The van der Waals surface area contributed by atoms with Crippen LogP contribution in [0, 0.1) is 4.77 Å². The van der Waals surface area contributed by atoms with Gasteiger partial charge in [0.15, 0.2) is 17.3 Å². The van der Waals surface area contributed by atoms with Gasteiger partial charge in [-0.15, -0.1) is 0 Å². The van der Waals surface area contributed by atoms with Crippen molar-refractivity contribution in [3.8, 4) is 11.5 Å². The number of halogens is 1. The normalized spacial score (nSPS) is 11.4. The molecular formula is C17H23BrN4O2S. The molecule has 0 amide bonds. The lowest BCUT2D eigenvalue weighted by Gasteiger charge is -2.12. The number of rotatable bonds is 8. The Morgan fingerprint density at radius 3 is 2.68 bits per heavy atom. The van der Waals surface area contributed by atoms with Gasteiger partial charge in [0, 0.05) is 5.92 Å². The highest BCUT2D eigenvalue weighted by Gasteiger charge is 2.15. The third-order valence-corrected chi connectivity index (χ3v) is 4.74. The third-order valence-electron chi connectivity index (χ3n) is 3.89. The molecule has 2 aromatic rings. The predicted octanol–water partition coefficient (Wildman–Crippen LogP) is 4.90. The molecule has 1 aromatic carbocycles. The van der Waals surface area contributed by atoms with Crippen LogP contribution in [0.15, 0.2) is 21.7 Å². The molecule has 0 spiro atoms. The minimum atomic E-state index is 0.312. The van der Waals surface area contributed by atoms with Crippen LogP contribution in [0.5, 0.6) is 11.5 Å². The van der Waals surface area contributed by atoms with Crippen LogP contribution in [0.25, 0.3) is 0 Å². The monoisotopic (exact) mass is 426 g/mol. The summed E-state index contributed by atoms with van der Waals surface area (Å²) in [7, 11) is 1.61. The molecule has 0 bridgehead atoms. The van der Waals surface area contributed by atoms with Crippen LogP contribution in [0.4, 0.5) is 0 Å². The number of aromatic amines is 1. The summed E-state index contributed by atoms with van der Waals surface area (Å²) in [4.78, 5) is 0. The van der Waals surface area contributed by atoms with Gasteiger partial charge in [-0.25, -0.2) is 0 Å². The minimum Gasteiger partial charge on any atom is -0.493 e. The molecule has 8 heteroatoms. The summed E-state index contributed by atoms with van der Waals surface area (Å²) in [6, 6.07) is 3.80.